The van der Waals surface area contributed by atoms with Crippen molar-refractivity contribution in [1.82, 2.24) is 10.6 Å². The van der Waals surface area contributed by atoms with Gasteiger partial charge in [-0.15, -0.1) is 24.0 Å². The van der Waals surface area contributed by atoms with Crippen molar-refractivity contribution in [2.24, 2.45) is 4.99 Å². The minimum atomic E-state index is -0.225. The number of hydrogen-bond donors (Lipinski definition) is 2. The van der Waals surface area contributed by atoms with E-state index in [9.17, 15) is 0 Å². The van der Waals surface area contributed by atoms with Gasteiger partial charge < -0.3 is 20.1 Å². The van der Waals surface area contributed by atoms with Gasteiger partial charge in [-0.25, -0.2) is 0 Å². The summed E-state index contributed by atoms with van der Waals surface area (Å²) in [7, 11) is 5.18. The molecule has 6 heteroatoms. The largest absolute Gasteiger partial charge is 0.496 e. The normalized spacial score (nSPS) is 11.7. The molecule has 0 aliphatic carbocycles. The Morgan fingerprint density at radius 3 is 2.48 bits per heavy atom. The lowest BCUT2D eigenvalue weighted by Gasteiger charge is -2.24. The number of nitrogens with zero attached hydrogens (tertiary/aromatic N) is 1. The third-order valence-corrected chi connectivity index (χ3v) is 3.58. The van der Waals surface area contributed by atoms with Crippen LogP contribution in [-0.2, 0) is 11.2 Å². The lowest BCUT2D eigenvalue weighted by atomic mass is 10.1. The van der Waals surface area contributed by atoms with Crippen molar-refractivity contribution in [1.29, 1.82) is 0 Å². The van der Waals surface area contributed by atoms with Gasteiger partial charge >= 0.3 is 0 Å². The first kappa shape index (κ1) is 22.0. The van der Waals surface area contributed by atoms with Crippen LogP contribution >= 0.6 is 24.0 Å². The molecule has 0 aliphatic rings. The van der Waals surface area contributed by atoms with Crippen molar-refractivity contribution in [2.75, 3.05) is 34.4 Å². The number of nitrogens with one attached hydrogen (secondary N) is 2. The van der Waals surface area contributed by atoms with E-state index in [1.54, 1.807) is 21.3 Å². The van der Waals surface area contributed by atoms with Crippen molar-refractivity contribution in [3.8, 4) is 5.75 Å². The van der Waals surface area contributed by atoms with E-state index in [4.69, 9.17) is 9.47 Å². The molecule has 0 unspecified atom stereocenters. The molecule has 23 heavy (non-hydrogen) atoms. The van der Waals surface area contributed by atoms with Gasteiger partial charge in [0.05, 0.1) is 12.7 Å². The van der Waals surface area contributed by atoms with E-state index in [2.05, 4.69) is 34.7 Å². The summed E-state index contributed by atoms with van der Waals surface area (Å²) in [5.74, 6) is 1.70. The zero-order chi connectivity index (χ0) is 16.6. The Morgan fingerprint density at radius 2 is 1.91 bits per heavy atom. The second kappa shape index (κ2) is 10.7. The Balaban J connectivity index is 0.00000484. The zero-order valence-corrected chi connectivity index (χ0v) is 17.4. The van der Waals surface area contributed by atoms with Gasteiger partial charge in [0, 0.05) is 27.2 Å². The van der Waals surface area contributed by atoms with Crippen LogP contribution in [0.3, 0.4) is 0 Å². The van der Waals surface area contributed by atoms with E-state index in [-0.39, 0.29) is 29.6 Å². The summed E-state index contributed by atoms with van der Waals surface area (Å²) in [5, 5.41) is 6.58. The fourth-order valence-corrected chi connectivity index (χ4v) is 2.01. The van der Waals surface area contributed by atoms with E-state index < -0.39 is 0 Å². The maximum atomic E-state index is 5.40. The number of aliphatic imine (C=N–C) groups is 1. The van der Waals surface area contributed by atoms with Gasteiger partial charge in [-0.3, -0.25) is 4.99 Å². The molecule has 0 amide bonds. The Hall–Kier alpha value is -1.02. The van der Waals surface area contributed by atoms with Crippen molar-refractivity contribution < 1.29 is 9.47 Å². The summed E-state index contributed by atoms with van der Waals surface area (Å²) in [6.07, 6.45) is 0.874. The molecule has 0 aliphatic heterocycles. The molecule has 0 aromatic heterocycles. The van der Waals surface area contributed by atoms with Crippen LogP contribution in [0.15, 0.2) is 23.2 Å². The molecule has 0 atom stereocenters. The number of rotatable bonds is 7. The molecule has 0 spiro atoms. The maximum absolute atomic E-state index is 5.40. The molecule has 0 saturated carbocycles. The van der Waals surface area contributed by atoms with Crippen molar-refractivity contribution in [2.45, 2.75) is 32.8 Å². The number of hydrogen-bond acceptors (Lipinski definition) is 3. The first-order valence-corrected chi connectivity index (χ1v) is 7.55. The predicted molar refractivity (Wildman–Crippen MR) is 107 cm³/mol. The topological polar surface area (TPSA) is 54.9 Å². The van der Waals surface area contributed by atoms with Crippen LogP contribution in [-0.4, -0.2) is 45.9 Å². The highest BCUT2D eigenvalue weighted by atomic mass is 127. The molecular weight excluding hydrogens is 405 g/mol. The molecule has 1 aromatic rings. The second-order valence-corrected chi connectivity index (χ2v) is 5.88. The molecule has 0 saturated heterocycles. The van der Waals surface area contributed by atoms with Gasteiger partial charge in [-0.05, 0) is 38.8 Å². The minimum absolute atomic E-state index is 0. The van der Waals surface area contributed by atoms with E-state index >= 15 is 0 Å². The average Bonchev–Trinajstić information content (AvgIpc) is 2.51. The van der Waals surface area contributed by atoms with E-state index in [1.165, 1.54) is 11.1 Å². The lowest BCUT2D eigenvalue weighted by molar-refractivity contribution is 0.0268. The number of ether oxygens (including phenoxy) is 2. The quantitative estimate of drug-likeness (QED) is 0.393. The van der Waals surface area contributed by atoms with E-state index in [0.717, 1.165) is 24.7 Å². The minimum Gasteiger partial charge on any atom is -0.496 e. The highest BCUT2D eigenvalue weighted by Gasteiger charge is 2.16. The van der Waals surface area contributed by atoms with Crippen molar-refractivity contribution in [3.63, 3.8) is 0 Å². The standard InChI is InChI=1S/C17H29N3O2.HI/c1-13-7-8-15(21-5)14(11-13)9-10-19-16(18-4)20-12-17(2,3)22-6;/h7-8,11H,9-10,12H2,1-6H3,(H2,18,19,20);1H. The summed E-state index contributed by atoms with van der Waals surface area (Å²) in [5.41, 5.74) is 2.21. The van der Waals surface area contributed by atoms with Crippen molar-refractivity contribution in [3.05, 3.63) is 29.3 Å². The van der Waals surface area contributed by atoms with Gasteiger partial charge in [-0.1, -0.05) is 17.7 Å². The highest BCUT2D eigenvalue weighted by molar-refractivity contribution is 14.0. The highest BCUT2D eigenvalue weighted by Crippen LogP contribution is 2.19. The Morgan fingerprint density at radius 1 is 1.22 bits per heavy atom. The van der Waals surface area contributed by atoms with Crippen LogP contribution in [0.1, 0.15) is 25.0 Å². The van der Waals surface area contributed by atoms with Gasteiger partial charge in [-0.2, -0.15) is 0 Å². The van der Waals surface area contributed by atoms with Crippen LogP contribution in [0.2, 0.25) is 0 Å². The summed E-state index contributed by atoms with van der Waals surface area (Å²) >= 11 is 0. The van der Waals surface area contributed by atoms with Crippen LogP contribution in [0.4, 0.5) is 0 Å². The Bertz CT molecular complexity index is 505. The molecule has 0 heterocycles. The van der Waals surface area contributed by atoms with Gasteiger partial charge in [0.2, 0.25) is 0 Å². The zero-order valence-electron chi connectivity index (χ0n) is 15.0. The maximum Gasteiger partial charge on any atom is 0.191 e. The van der Waals surface area contributed by atoms with Crippen molar-refractivity contribution >= 4 is 29.9 Å². The summed E-state index contributed by atoms with van der Waals surface area (Å²) in [6, 6.07) is 6.23. The van der Waals surface area contributed by atoms with Gasteiger partial charge in [0.15, 0.2) is 5.96 Å². The van der Waals surface area contributed by atoms with E-state index in [1.807, 2.05) is 19.9 Å². The number of aryl methyl sites for hydroxylation is 1. The average molecular weight is 435 g/mol. The van der Waals surface area contributed by atoms with Crippen LogP contribution in [0.25, 0.3) is 0 Å². The molecule has 2 N–H and O–H groups in total. The lowest BCUT2D eigenvalue weighted by Crippen LogP contribution is -2.45. The summed E-state index contributed by atoms with van der Waals surface area (Å²) < 4.78 is 10.8. The fraction of sp³-hybridized carbons (Fsp3) is 0.588. The Labute approximate surface area is 157 Å². The molecule has 1 rings (SSSR count). The fourth-order valence-electron chi connectivity index (χ4n) is 2.01. The Kier molecular flexibility index (Phi) is 10.2. The smallest absolute Gasteiger partial charge is 0.191 e. The monoisotopic (exact) mass is 435 g/mol. The summed E-state index contributed by atoms with van der Waals surface area (Å²) in [6.45, 7) is 7.63. The van der Waals surface area contributed by atoms with Crippen LogP contribution in [0.5, 0.6) is 5.75 Å². The molecule has 132 valence electrons. The van der Waals surface area contributed by atoms with Crippen LogP contribution in [0, 0.1) is 6.92 Å². The van der Waals surface area contributed by atoms with Gasteiger partial charge in [0.25, 0.3) is 0 Å². The molecular formula is C17H30IN3O2. The molecule has 5 nitrogen and oxygen atoms in total. The molecule has 0 radical (unpaired) electrons. The molecule has 0 bridgehead atoms. The number of benzene rings is 1. The molecule has 1 aromatic carbocycles. The second-order valence-electron chi connectivity index (χ2n) is 5.88. The number of methoxy groups -OCH3 is 2. The predicted octanol–water partition coefficient (Wildman–Crippen LogP) is 2.75. The number of guanidine groups is 1. The first-order valence-electron chi connectivity index (χ1n) is 7.55. The summed E-state index contributed by atoms with van der Waals surface area (Å²) in [4.78, 5) is 4.22. The third kappa shape index (κ3) is 7.87. The van der Waals surface area contributed by atoms with Crippen LogP contribution < -0.4 is 15.4 Å². The molecule has 0 fully saturated rings. The first-order chi connectivity index (χ1) is 10.4. The third-order valence-electron chi connectivity index (χ3n) is 3.58. The van der Waals surface area contributed by atoms with E-state index in [0.29, 0.717) is 6.54 Å². The number of halogens is 1. The SMILES string of the molecule is CN=C(NCCc1cc(C)ccc1OC)NCC(C)(C)OC.I. The van der Waals surface area contributed by atoms with Gasteiger partial charge in [0.1, 0.15) is 5.75 Å².